The van der Waals surface area contributed by atoms with E-state index < -0.39 is 0 Å². The topological polar surface area (TPSA) is 270 Å². The lowest BCUT2D eigenvalue weighted by atomic mass is 10.1. The quantitative estimate of drug-likeness (QED) is 0.0808. The molecule has 30 nitrogen and oxygen atoms in total. The van der Waals surface area contributed by atoms with Crippen molar-refractivity contribution in [3.8, 4) is 91.0 Å². The van der Waals surface area contributed by atoms with Crippen LogP contribution in [0, 0.1) is 0 Å². The Bertz CT molecular complexity index is 6590. The maximum Gasteiger partial charge on any atom is 0.129 e. The molecule has 30 heteroatoms. The fraction of sp³-hybridized carbons (Fsp3) is 0.327. The Kier molecular flexibility index (Phi) is 27.0. The van der Waals surface area contributed by atoms with Gasteiger partial charge in [0.1, 0.15) is 46.0 Å². The summed E-state index contributed by atoms with van der Waals surface area (Å²) < 4.78 is 41.5. The van der Waals surface area contributed by atoms with E-state index in [-0.39, 0.29) is 11.5 Å². The third-order valence-electron chi connectivity index (χ3n) is 25.6. The van der Waals surface area contributed by atoms with Crippen molar-refractivity contribution in [1.29, 1.82) is 0 Å². The summed E-state index contributed by atoms with van der Waals surface area (Å²) in [5.74, 6) is 5.03. The number of anilines is 8. The number of nitrogens with zero attached hydrogens (tertiary/aromatic N) is 22. The van der Waals surface area contributed by atoms with E-state index in [1.54, 1.807) is 76.5 Å². The number of rotatable bonds is 18. The molecule has 4 aliphatic heterocycles. The molecule has 134 heavy (non-hydrogen) atoms. The lowest BCUT2D eigenvalue weighted by Gasteiger charge is -2.26. The van der Waals surface area contributed by atoms with Crippen molar-refractivity contribution < 1.29 is 38.6 Å². The number of phenolic OH excluding ortho intramolecular Hbond substituents is 2. The molecule has 8 aromatic carbocycles. The third-order valence-corrected chi connectivity index (χ3v) is 25.6. The van der Waals surface area contributed by atoms with E-state index in [9.17, 15) is 10.2 Å². The van der Waals surface area contributed by atoms with Gasteiger partial charge < -0.3 is 67.4 Å². The zero-order chi connectivity index (χ0) is 93.9. The molecule has 20 rings (SSSR count). The first-order valence-electron chi connectivity index (χ1n) is 45.4. The Hall–Kier alpha value is -14.5. The molecule has 0 radical (unpaired) electrons. The Morgan fingerprint density at radius 1 is 0.291 bits per heavy atom. The van der Waals surface area contributed by atoms with Crippen LogP contribution < -0.4 is 48.0 Å². The van der Waals surface area contributed by atoms with Crippen molar-refractivity contribution >= 4 is 89.6 Å². The monoisotopic (exact) mass is 1800 g/mol. The Morgan fingerprint density at radius 2 is 0.590 bits per heavy atom. The molecule has 0 bridgehead atoms. The van der Waals surface area contributed by atoms with Gasteiger partial charge in [-0.2, -0.15) is 10.2 Å². The van der Waals surface area contributed by atoms with Crippen LogP contribution in [0.3, 0.4) is 0 Å². The minimum atomic E-state index is 0.195. The van der Waals surface area contributed by atoms with E-state index in [4.69, 9.17) is 48.4 Å². The molecule has 8 aromatic heterocycles. The van der Waals surface area contributed by atoms with Gasteiger partial charge in [-0.25, -0.2) is 19.9 Å². The van der Waals surface area contributed by atoms with Crippen LogP contribution in [0.1, 0.15) is 77.6 Å². The maximum atomic E-state index is 10.8. The molecular formula is C104H118N22O8. The van der Waals surface area contributed by atoms with Crippen molar-refractivity contribution in [2.45, 2.75) is 106 Å². The number of aromatic nitrogens is 14. The average molecular weight is 1800 g/mol. The second kappa shape index (κ2) is 39.5. The van der Waals surface area contributed by atoms with Gasteiger partial charge in [0.25, 0.3) is 0 Å². The third kappa shape index (κ3) is 19.6. The first-order valence-corrected chi connectivity index (χ1v) is 45.4. The summed E-state index contributed by atoms with van der Waals surface area (Å²) in [4.78, 5) is 57.0. The highest BCUT2D eigenvalue weighted by atomic mass is 16.5. The summed E-state index contributed by atoms with van der Waals surface area (Å²) in [6.45, 7) is 27.7. The van der Waals surface area contributed by atoms with E-state index in [0.29, 0.717) is 42.2 Å². The van der Waals surface area contributed by atoms with Crippen molar-refractivity contribution in [2.24, 2.45) is 28.2 Å². The number of fused-ring (bicyclic) bond motifs is 8. The van der Waals surface area contributed by atoms with Crippen LogP contribution in [0.5, 0.6) is 46.0 Å². The lowest BCUT2D eigenvalue weighted by Crippen LogP contribution is -2.34. The van der Waals surface area contributed by atoms with E-state index >= 15 is 0 Å². The Labute approximate surface area is 781 Å². The van der Waals surface area contributed by atoms with Gasteiger partial charge in [-0.3, -0.25) is 48.9 Å². The summed E-state index contributed by atoms with van der Waals surface area (Å²) in [7, 11) is 17.9. The van der Waals surface area contributed by atoms with Gasteiger partial charge in [-0.05, 0) is 140 Å². The number of hydrogen-bond acceptors (Lipinski definition) is 26. The number of ether oxygens (including phenoxy) is 6. The van der Waals surface area contributed by atoms with Gasteiger partial charge in [-0.15, -0.1) is 0 Å². The molecule has 2 N–H and O–H groups in total. The van der Waals surface area contributed by atoms with Crippen LogP contribution in [0.4, 0.5) is 45.5 Å². The zero-order valence-corrected chi connectivity index (χ0v) is 79.6. The summed E-state index contributed by atoms with van der Waals surface area (Å²) in [6.07, 6.45) is 22.9. The van der Waals surface area contributed by atoms with Gasteiger partial charge >= 0.3 is 0 Å². The fourth-order valence-corrected chi connectivity index (χ4v) is 18.0. The summed E-state index contributed by atoms with van der Waals surface area (Å²) in [5.41, 5.74) is 26.7. The highest BCUT2D eigenvalue weighted by Gasteiger charge is 2.33. The largest absolute Gasteiger partial charge is 0.508 e. The van der Waals surface area contributed by atoms with E-state index in [0.717, 1.165) is 252 Å². The molecule has 16 aromatic rings. The summed E-state index contributed by atoms with van der Waals surface area (Å²) in [6, 6.07) is 45.9. The van der Waals surface area contributed by atoms with Crippen molar-refractivity contribution in [3.05, 3.63) is 230 Å². The number of hydrogen-bond donors (Lipinski definition) is 2. The molecule has 0 saturated carbocycles. The number of methoxy groups -OCH3 is 6. The van der Waals surface area contributed by atoms with Crippen LogP contribution >= 0.6 is 0 Å². The predicted octanol–water partition coefficient (Wildman–Crippen LogP) is 18.2. The Morgan fingerprint density at radius 3 is 0.881 bits per heavy atom. The summed E-state index contributed by atoms with van der Waals surface area (Å²) >= 11 is 0. The highest BCUT2D eigenvalue weighted by Crippen LogP contribution is 2.47. The molecule has 4 aliphatic rings. The van der Waals surface area contributed by atoms with E-state index in [1.165, 1.54) is 0 Å². The Balaban J connectivity index is 0.000000124. The molecule has 0 fully saturated rings. The standard InChI is InChI=1S/2C26H30N6O2.2C26H29N5O2/c2*1-17(2)31-8-9-32(25-11-20(33-4)12-26(34-5)21(25)16-31)19-6-7-22-23(10-19)29-24(14-27-22)18-13-28-30(3)15-18;1-17(2)30-9-10-31(25-12-20(33-4)13-26(32)21(25)16-30)19-5-6-22-23(11-19)28-24(14-27-22)18-7-8-29(3)15-18;1-17(2)30-9-10-31(25-12-20(32)13-26(33-4)21(25)16-30)19-5-6-22-23(11-19)28-24(14-27-22)18-7-8-29(3)15-18/h2*6-7,10-15,17H,8-9,16H2,1-5H3;2*5-8,11-15,17,32H,9-10,16H2,1-4H3. The SMILES string of the molecule is COc1cc(O)c2c(c1)N(c1ccc3ncc(-c4ccn(C)c4)nc3c1)CCN(C(C)C)C2.COc1cc(O)cc2c1CN(C(C)C)CCN2c1ccc2ncc(-c3ccn(C)c3)nc2c1.COc1cc(OC)c2c(c1)N(c1ccc3ncc(-c4cnn(C)c4)nc3c1)CCN(C(C)C)C2.COc1cc(OC)c2c(c1)N(c1ccc3ncc(-c4cnn(C)c4)nc3c1)CCN(C(C)C)C2. The fourth-order valence-electron chi connectivity index (χ4n) is 18.0. The van der Waals surface area contributed by atoms with Crippen LogP contribution in [0.25, 0.3) is 89.2 Å². The normalized spacial score (nSPS) is 14.4. The van der Waals surface area contributed by atoms with Crippen LogP contribution in [-0.4, -0.2) is 218 Å². The van der Waals surface area contributed by atoms with Crippen LogP contribution in [-0.2, 0) is 54.4 Å². The first-order chi connectivity index (χ1) is 64.8. The van der Waals surface area contributed by atoms with Gasteiger partial charge in [0, 0.05) is 284 Å². The molecule has 0 aliphatic carbocycles. The van der Waals surface area contributed by atoms with Gasteiger partial charge in [-0.1, -0.05) is 0 Å². The molecule has 0 saturated heterocycles. The molecule has 12 heterocycles. The number of phenols is 2. The van der Waals surface area contributed by atoms with E-state index in [1.807, 2.05) is 160 Å². The van der Waals surface area contributed by atoms with Crippen molar-refractivity contribution in [3.63, 3.8) is 0 Å². The lowest BCUT2D eigenvalue weighted by molar-refractivity contribution is 0.221. The first kappa shape index (κ1) is 91.4. The minimum absolute atomic E-state index is 0.195. The molecule has 692 valence electrons. The number of aromatic hydroxyl groups is 2. The molecular weight excluding hydrogens is 1690 g/mol. The second-order valence-corrected chi connectivity index (χ2v) is 35.5. The smallest absolute Gasteiger partial charge is 0.129 e. The molecule has 0 amide bonds. The second-order valence-electron chi connectivity index (χ2n) is 35.5. The maximum absolute atomic E-state index is 10.8. The highest BCUT2D eigenvalue weighted by molar-refractivity contribution is 5.89. The van der Waals surface area contributed by atoms with Crippen molar-refractivity contribution in [1.82, 2.24) is 88.2 Å². The van der Waals surface area contributed by atoms with Crippen molar-refractivity contribution in [2.75, 3.05) is 115 Å². The van der Waals surface area contributed by atoms with Crippen LogP contribution in [0.15, 0.2) is 208 Å². The van der Waals surface area contributed by atoms with E-state index in [2.05, 4.69) is 185 Å². The molecule has 0 spiro atoms. The van der Waals surface area contributed by atoms with Gasteiger partial charge in [0.15, 0.2) is 0 Å². The molecule has 0 unspecified atom stereocenters. The van der Waals surface area contributed by atoms with Gasteiger partial charge in [0.05, 0.1) is 169 Å². The zero-order valence-electron chi connectivity index (χ0n) is 79.6. The number of benzene rings is 8. The molecule has 0 atom stereocenters. The average Bonchev–Trinajstić information content (AvgIpc) is 1.24. The predicted molar refractivity (Wildman–Crippen MR) is 530 cm³/mol. The van der Waals surface area contributed by atoms with Gasteiger partial charge in [0.2, 0.25) is 0 Å². The summed E-state index contributed by atoms with van der Waals surface area (Å²) in [5, 5.41) is 29.8. The number of aryl methyl sites for hydroxylation is 4. The minimum Gasteiger partial charge on any atom is -0.508 e. The van der Waals surface area contributed by atoms with Crippen LogP contribution in [0.2, 0.25) is 0 Å².